The summed E-state index contributed by atoms with van der Waals surface area (Å²) in [6.45, 7) is 6.04. The third kappa shape index (κ3) is 1.51. The summed E-state index contributed by atoms with van der Waals surface area (Å²) in [5, 5.41) is 14.7. The number of carbonyl (C=O) groups excluding carboxylic acids is 1. The Kier molecular flexibility index (Phi) is 2.64. The molecular weight excluding hydrogens is 254 g/mol. The zero-order chi connectivity index (χ0) is 14.6. The molecule has 0 fully saturated rings. The smallest absolute Gasteiger partial charge is 0.260 e. The van der Waals surface area contributed by atoms with Crippen LogP contribution in [-0.4, -0.2) is 18.1 Å². The summed E-state index contributed by atoms with van der Waals surface area (Å²) in [7, 11) is 1.56. The summed E-state index contributed by atoms with van der Waals surface area (Å²) in [6.07, 6.45) is 0. The number of benzene rings is 2. The number of hydrogen-bond acceptors (Lipinski definition) is 3. The highest BCUT2D eigenvalue weighted by atomic mass is 16.5. The molecule has 0 saturated carbocycles. The fourth-order valence-corrected chi connectivity index (χ4v) is 2.87. The number of amides is 1. The van der Waals surface area contributed by atoms with Gasteiger partial charge in [-0.2, -0.15) is 0 Å². The van der Waals surface area contributed by atoms with Crippen molar-refractivity contribution in [3.63, 3.8) is 0 Å². The van der Waals surface area contributed by atoms with Gasteiger partial charge in [0, 0.05) is 5.39 Å². The molecule has 2 N–H and O–H groups in total. The molecule has 0 spiro atoms. The maximum absolute atomic E-state index is 12.2. The van der Waals surface area contributed by atoms with Crippen molar-refractivity contribution in [2.75, 3.05) is 12.4 Å². The zero-order valence-corrected chi connectivity index (χ0v) is 12.0. The molecule has 3 rings (SSSR count). The lowest BCUT2D eigenvalue weighted by atomic mass is 9.91. The SMILES string of the molecule is COc1cc(C(C)C)c2cc(C)c(O)c3c2c1C(=O)N3. The number of nitrogens with one attached hydrogen (secondary N) is 1. The number of aryl methyl sites for hydroxylation is 1. The van der Waals surface area contributed by atoms with Gasteiger partial charge in [0.05, 0.1) is 18.4 Å². The molecule has 1 heterocycles. The van der Waals surface area contributed by atoms with Crippen LogP contribution in [0.3, 0.4) is 0 Å². The van der Waals surface area contributed by atoms with Gasteiger partial charge in [0.2, 0.25) is 0 Å². The quantitative estimate of drug-likeness (QED) is 0.821. The molecule has 4 nitrogen and oxygen atoms in total. The lowest BCUT2D eigenvalue weighted by Gasteiger charge is -2.15. The molecule has 2 aromatic carbocycles. The van der Waals surface area contributed by atoms with E-state index in [-0.39, 0.29) is 11.7 Å². The summed E-state index contributed by atoms with van der Waals surface area (Å²) in [6, 6.07) is 3.86. The van der Waals surface area contributed by atoms with Crippen LogP contribution in [0.5, 0.6) is 11.5 Å². The molecule has 0 bridgehead atoms. The van der Waals surface area contributed by atoms with Crippen LogP contribution in [0, 0.1) is 6.92 Å². The molecule has 0 saturated heterocycles. The van der Waals surface area contributed by atoms with Gasteiger partial charge in [0.1, 0.15) is 11.5 Å². The number of carbonyl (C=O) groups is 1. The second kappa shape index (κ2) is 4.13. The van der Waals surface area contributed by atoms with Crippen LogP contribution < -0.4 is 10.1 Å². The second-order valence-electron chi connectivity index (χ2n) is 5.49. The van der Waals surface area contributed by atoms with Crippen LogP contribution in [0.4, 0.5) is 5.69 Å². The Morgan fingerprint density at radius 2 is 2.00 bits per heavy atom. The number of anilines is 1. The Labute approximate surface area is 117 Å². The predicted octanol–water partition coefficient (Wildman–Crippen LogP) is 3.55. The van der Waals surface area contributed by atoms with E-state index in [1.54, 1.807) is 7.11 Å². The van der Waals surface area contributed by atoms with Crippen LogP contribution in [-0.2, 0) is 0 Å². The maximum atomic E-state index is 12.2. The summed E-state index contributed by atoms with van der Waals surface area (Å²) in [4.78, 5) is 12.2. The normalized spacial score (nSPS) is 13.2. The summed E-state index contributed by atoms with van der Waals surface area (Å²) < 4.78 is 5.37. The van der Waals surface area contributed by atoms with E-state index < -0.39 is 0 Å². The first-order chi connectivity index (χ1) is 9.45. The summed E-state index contributed by atoms with van der Waals surface area (Å²) in [5.74, 6) is 0.761. The van der Waals surface area contributed by atoms with Gasteiger partial charge < -0.3 is 15.2 Å². The minimum absolute atomic E-state index is 0.132. The molecular formula is C16H17NO3. The van der Waals surface area contributed by atoms with Crippen LogP contribution in [0.2, 0.25) is 0 Å². The highest BCUT2D eigenvalue weighted by molar-refractivity contribution is 6.27. The standard InChI is InChI=1S/C16H17NO3/c1-7(2)9-6-11(20-4)13-12-10(9)5-8(3)15(18)14(12)17-16(13)19/h5-7,18H,1-4H3,(H,17,19). The van der Waals surface area contributed by atoms with E-state index in [2.05, 4.69) is 19.2 Å². The largest absolute Gasteiger partial charge is 0.505 e. The number of rotatable bonds is 2. The summed E-state index contributed by atoms with van der Waals surface area (Å²) >= 11 is 0. The molecule has 104 valence electrons. The minimum atomic E-state index is -0.224. The molecule has 0 atom stereocenters. The molecule has 4 heteroatoms. The maximum Gasteiger partial charge on any atom is 0.260 e. The lowest BCUT2D eigenvalue weighted by Crippen LogP contribution is -2.06. The molecule has 1 amide bonds. The van der Waals surface area contributed by atoms with E-state index in [4.69, 9.17) is 4.74 Å². The number of phenols is 1. The zero-order valence-electron chi connectivity index (χ0n) is 12.0. The van der Waals surface area contributed by atoms with Gasteiger partial charge in [0.25, 0.3) is 5.91 Å². The average Bonchev–Trinajstić information content (AvgIpc) is 2.75. The average molecular weight is 271 g/mol. The fourth-order valence-electron chi connectivity index (χ4n) is 2.87. The van der Waals surface area contributed by atoms with Gasteiger partial charge in [0.15, 0.2) is 0 Å². The molecule has 0 aromatic heterocycles. The highest BCUT2D eigenvalue weighted by Gasteiger charge is 2.30. The van der Waals surface area contributed by atoms with Crippen molar-refractivity contribution in [3.05, 3.63) is 28.8 Å². The van der Waals surface area contributed by atoms with Crippen molar-refractivity contribution in [1.29, 1.82) is 0 Å². The molecule has 1 aliphatic rings. The Balaban J connectivity index is 2.55. The Hall–Kier alpha value is -2.23. The van der Waals surface area contributed by atoms with E-state index in [1.165, 1.54) is 0 Å². The Bertz CT molecular complexity index is 747. The summed E-state index contributed by atoms with van der Waals surface area (Å²) in [5.41, 5.74) is 2.88. The first kappa shape index (κ1) is 12.8. The van der Waals surface area contributed by atoms with Crippen LogP contribution in [0.25, 0.3) is 10.8 Å². The van der Waals surface area contributed by atoms with E-state index in [9.17, 15) is 9.90 Å². The first-order valence-electron chi connectivity index (χ1n) is 6.64. The van der Waals surface area contributed by atoms with Gasteiger partial charge >= 0.3 is 0 Å². The third-order valence-corrected chi connectivity index (χ3v) is 3.89. The van der Waals surface area contributed by atoms with E-state index in [0.717, 1.165) is 21.9 Å². The van der Waals surface area contributed by atoms with E-state index >= 15 is 0 Å². The van der Waals surface area contributed by atoms with Crippen molar-refractivity contribution >= 4 is 22.4 Å². The van der Waals surface area contributed by atoms with Gasteiger partial charge in [-0.15, -0.1) is 0 Å². The molecule has 1 aliphatic heterocycles. The van der Waals surface area contributed by atoms with Crippen molar-refractivity contribution in [1.82, 2.24) is 0 Å². The topological polar surface area (TPSA) is 58.6 Å². The van der Waals surface area contributed by atoms with Crippen LogP contribution >= 0.6 is 0 Å². The number of hydrogen-bond donors (Lipinski definition) is 2. The van der Waals surface area contributed by atoms with Crippen molar-refractivity contribution < 1.29 is 14.6 Å². The van der Waals surface area contributed by atoms with Crippen molar-refractivity contribution in [2.45, 2.75) is 26.7 Å². The highest BCUT2D eigenvalue weighted by Crippen LogP contribution is 2.47. The minimum Gasteiger partial charge on any atom is -0.505 e. The number of aromatic hydroxyl groups is 1. The van der Waals surface area contributed by atoms with E-state index in [0.29, 0.717) is 22.9 Å². The van der Waals surface area contributed by atoms with Crippen molar-refractivity contribution in [2.24, 2.45) is 0 Å². The van der Waals surface area contributed by atoms with Crippen LogP contribution in [0.1, 0.15) is 41.3 Å². The van der Waals surface area contributed by atoms with Gasteiger partial charge in [-0.25, -0.2) is 0 Å². The van der Waals surface area contributed by atoms with E-state index in [1.807, 2.05) is 19.1 Å². The monoisotopic (exact) mass is 271 g/mol. The molecule has 2 aromatic rings. The fraction of sp³-hybridized carbons (Fsp3) is 0.312. The van der Waals surface area contributed by atoms with Crippen molar-refractivity contribution in [3.8, 4) is 11.5 Å². The first-order valence-corrected chi connectivity index (χ1v) is 6.64. The van der Waals surface area contributed by atoms with Gasteiger partial charge in [-0.1, -0.05) is 13.8 Å². The lowest BCUT2D eigenvalue weighted by molar-refractivity contribution is 0.102. The number of phenolic OH excluding ortho intramolecular Hbond substituents is 1. The number of methoxy groups -OCH3 is 1. The van der Waals surface area contributed by atoms with Gasteiger partial charge in [-0.3, -0.25) is 4.79 Å². The third-order valence-electron chi connectivity index (χ3n) is 3.89. The van der Waals surface area contributed by atoms with Crippen LogP contribution in [0.15, 0.2) is 12.1 Å². The van der Waals surface area contributed by atoms with Gasteiger partial charge in [-0.05, 0) is 41.5 Å². The Morgan fingerprint density at radius 3 is 2.60 bits per heavy atom. The molecule has 0 aliphatic carbocycles. The molecule has 20 heavy (non-hydrogen) atoms. The number of ether oxygens (including phenoxy) is 1. The predicted molar refractivity (Wildman–Crippen MR) is 78.9 cm³/mol. The Morgan fingerprint density at radius 1 is 1.30 bits per heavy atom. The molecule has 0 unspecified atom stereocenters. The molecule has 0 radical (unpaired) electrons. The second-order valence-corrected chi connectivity index (χ2v) is 5.49.